The number of hydrogen-bond donors (Lipinski definition) is 3. The number of rotatable bonds is 45. The second kappa shape index (κ2) is 40.6. The minimum atomic E-state index is -4.33. The summed E-state index contributed by atoms with van der Waals surface area (Å²) in [6, 6.07) is -0.838. The maximum atomic E-state index is 12.7. The summed E-state index contributed by atoms with van der Waals surface area (Å²) in [7, 11) is 1.58. The second-order valence-corrected chi connectivity index (χ2v) is 19.7. The zero-order chi connectivity index (χ0) is 42.1. The van der Waals surface area contributed by atoms with Crippen LogP contribution in [0.25, 0.3) is 0 Å². The van der Waals surface area contributed by atoms with Gasteiger partial charge in [-0.3, -0.25) is 13.8 Å². The summed E-state index contributed by atoms with van der Waals surface area (Å²) in [4.78, 5) is 23.0. The Morgan fingerprint density at radius 1 is 0.579 bits per heavy atom. The van der Waals surface area contributed by atoms with Crippen molar-refractivity contribution < 1.29 is 32.9 Å². The van der Waals surface area contributed by atoms with Crippen LogP contribution in [0, 0.1) is 0 Å². The molecule has 0 spiro atoms. The van der Waals surface area contributed by atoms with Crippen LogP contribution in [-0.4, -0.2) is 73.4 Å². The molecular formula is C48H98N2O6P+. The van der Waals surface area contributed by atoms with Crippen LogP contribution in [0.5, 0.6) is 0 Å². The van der Waals surface area contributed by atoms with Gasteiger partial charge in [0.2, 0.25) is 5.91 Å². The number of phosphoric ester groups is 1. The SMILES string of the molecule is CCCCCCCCCCCCCCCCCCCCCCCCCCCC/C=C/C(O)C(COP(=O)(O)OCC[N+](C)(C)C)NC(=O)CCCCCCCCC. The van der Waals surface area contributed by atoms with E-state index in [4.69, 9.17) is 9.05 Å². The highest BCUT2D eigenvalue weighted by molar-refractivity contribution is 7.47. The van der Waals surface area contributed by atoms with Crippen LogP contribution in [-0.2, 0) is 18.4 Å². The van der Waals surface area contributed by atoms with E-state index in [1.807, 2.05) is 27.2 Å². The number of aliphatic hydroxyl groups excluding tert-OH is 1. The van der Waals surface area contributed by atoms with Crippen LogP contribution >= 0.6 is 7.82 Å². The number of carbonyl (C=O) groups excluding carboxylic acids is 1. The number of amides is 1. The minimum absolute atomic E-state index is 0.0641. The van der Waals surface area contributed by atoms with Gasteiger partial charge in [0.05, 0.1) is 39.9 Å². The Balaban J connectivity index is 4.02. The Morgan fingerprint density at radius 3 is 1.30 bits per heavy atom. The van der Waals surface area contributed by atoms with E-state index in [2.05, 4.69) is 19.2 Å². The van der Waals surface area contributed by atoms with Gasteiger partial charge >= 0.3 is 7.82 Å². The quantitative estimate of drug-likeness (QED) is 0.0244. The molecular weight excluding hydrogens is 732 g/mol. The Kier molecular flexibility index (Phi) is 40.1. The summed E-state index contributed by atoms with van der Waals surface area (Å²) in [6.07, 6.45) is 47.6. The number of likely N-dealkylation sites (N-methyl/N-ethyl adjacent to an activating group) is 1. The molecule has 0 bridgehead atoms. The maximum absolute atomic E-state index is 12.7. The van der Waals surface area contributed by atoms with Gasteiger partial charge in [0, 0.05) is 6.42 Å². The van der Waals surface area contributed by atoms with Gasteiger partial charge in [0.15, 0.2) is 0 Å². The van der Waals surface area contributed by atoms with Crippen molar-refractivity contribution in [2.24, 2.45) is 0 Å². The van der Waals surface area contributed by atoms with Crippen LogP contribution in [0.3, 0.4) is 0 Å². The van der Waals surface area contributed by atoms with Crippen molar-refractivity contribution in [3.05, 3.63) is 12.2 Å². The number of nitrogens with one attached hydrogen (secondary N) is 1. The van der Waals surface area contributed by atoms with Crippen LogP contribution in [0.15, 0.2) is 12.2 Å². The van der Waals surface area contributed by atoms with Crippen LogP contribution in [0.2, 0.25) is 0 Å². The molecule has 0 aliphatic heterocycles. The van der Waals surface area contributed by atoms with Gasteiger partial charge in [0.25, 0.3) is 0 Å². The predicted octanol–water partition coefficient (Wildman–Crippen LogP) is 13.9. The Hall–Kier alpha value is -0.760. The third-order valence-corrected chi connectivity index (χ3v) is 12.2. The number of phosphoric acid groups is 1. The predicted molar refractivity (Wildman–Crippen MR) is 245 cm³/mol. The molecule has 3 atom stereocenters. The standard InChI is InChI=1S/C48H97N2O6P/c1-6-8-10-12-14-15-16-17-18-19-20-21-22-23-24-25-26-27-28-29-30-31-32-33-34-36-37-39-41-47(51)46(45-56-57(53,54)55-44-43-50(3,4)5)49-48(52)42-40-38-35-13-11-9-7-2/h39,41,46-47,51H,6-38,40,42-45H2,1-5H3,(H-,49,52,53,54)/p+1/b41-39+. The number of aliphatic hydroxyl groups is 1. The molecule has 3 unspecified atom stereocenters. The summed E-state index contributed by atoms with van der Waals surface area (Å²) in [5, 5.41) is 13.8. The number of nitrogens with zero attached hydrogens (tertiary/aromatic N) is 1. The van der Waals surface area contributed by atoms with E-state index in [9.17, 15) is 19.4 Å². The summed E-state index contributed by atoms with van der Waals surface area (Å²) >= 11 is 0. The molecule has 0 saturated carbocycles. The lowest BCUT2D eigenvalue weighted by atomic mass is 10.0. The summed E-state index contributed by atoms with van der Waals surface area (Å²) < 4.78 is 23.5. The molecule has 0 aromatic carbocycles. The van der Waals surface area contributed by atoms with Crippen LogP contribution < -0.4 is 5.32 Å². The van der Waals surface area contributed by atoms with Gasteiger partial charge in [-0.2, -0.15) is 0 Å². The zero-order valence-corrected chi connectivity index (χ0v) is 39.5. The van der Waals surface area contributed by atoms with E-state index >= 15 is 0 Å². The van der Waals surface area contributed by atoms with E-state index in [1.165, 1.54) is 186 Å². The maximum Gasteiger partial charge on any atom is 0.472 e. The van der Waals surface area contributed by atoms with E-state index < -0.39 is 20.0 Å². The fraction of sp³-hybridized carbons (Fsp3) is 0.938. The van der Waals surface area contributed by atoms with Gasteiger partial charge in [-0.25, -0.2) is 4.57 Å². The van der Waals surface area contributed by atoms with E-state index in [0.717, 1.165) is 32.1 Å². The highest BCUT2D eigenvalue weighted by atomic mass is 31.2. The molecule has 0 heterocycles. The van der Waals surface area contributed by atoms with Crippen molar-refractivity contribution in [3.63, 3.8) is 0 Å². The third-order valence-electron chi connectivity index (χ3n) is 11.3. The van der Waals surface area contributed by atoms with Gasteiger partial charge in [-0.1, -0.05) is 225 Å². The Labute approximate surface area is 354 Å². The molecule has 0 saturated heterocycles. The monoisotopic (exact) mass is 830 g/mol. The van der Waals surface area contributed by atoms with Crippen LogP contribution in [0.1, 0.15) is 239 Å². The van der Waals surface area contributed by atoms with Crippen molar-refractivity contribution in [2.75, 3.05) is 40.9 Å². The van der Waals surface area contributed by atoms with Gasteiger partial charge in [-0.05, 0) is 19.3 Å². The number of hydrogen-bond acceptors (Lipinski definition) is 5. The molecule has 57 heavy (non-hydrogen) atoms. The molecule has 0 aliphatic carbocycles. The highest BCUT2D eigenvalue weighted by Gasteiger charge is 2.27. The molecule has 1 amide bonds. The van der Waals surface area contributed by atoms with E-state index in [-0.39, 0.29) is 19.1 Å². The molecule has 3 N–H and O–H groups in total. The normalized spacial score (nSPS) is 14.3. The summed E-state index contributed by atoms with van der Waals surface area (Å²) in [6.45, 7) is 4.78. The summed E-state index contributed by atoms with van der Waals surface area (Å²) in [5.41, 5.74) is 0. The number of quaternary nitrogens is 1. The molecule has 0 rings (SSSR count). The van der Waals surface area contributed by atoms with Crippen molar-refractivity contribution >= 4 is 13.7 Å². The first-order valence-corrected chi connectivity index (χ1v) is 26.1. The lowest BCUT2D eigenvalue weighted by Crippen LogP contribution is -2.45. The second-order valence-electron chi connectivity index (χ2n) is 18.2. The van der Waals surface area contributed by atoms with Crippen molar-refractivity contribution in [1.82, 2.24) is 5.32 Å². The lowest BCUT2D eigenvalue weighted by Gasteiger charge is -2.25. The van der Waals surface area contributed by atoms with Crippen molar-refractivity contribution in [1.29, 1.82) is 0 Å². The molecule has 0 aliphatic rings. The average Bonchev–Trinajstić information content (AvgIpc) is 3.16. The fourth-order valence-corrected chi connectivity index (χ4v) is 8.07. The van der Waals surface area contributed by atoms with Gasteiger partial charge in [-0.15, -0.1) is 0 Å². The number of carbonyl (C=O) groups is 1. The van der Waals surface area contributed by atoms with E-state index in [0.29, 0.717) is 17.4 Å². The molecule has 8 nitrogen and oxygen atoms in total. The first-order valence-electron chi connectivity index (χ1n) is 24.6. The van der Waals surface area contributed by atoms with E-state index in [1.54, 1.807) is 6.08 Å². The molecule has 0 aromatic heterocycles. The topological polar surface area (TPSA) is 105 Å². The Morgan fingerprint density at radius 2 is 0.930 bits per heavy atom. The number of unbranched alkanes of at least 4 members (excludes halogenated alkanes) is 32. The first-order chi connectivity index (χ1) is 27.5. The largest absolute Gasteiger partial charge is 0.472 e. The molecule has 0 aromatic rings. The van der Waals surface area contributed by atoms with Crippen molar-refractivity contribution in [2.45, 2.75) is 251 Å². The average molecular weight is 830 g/mol. The minimum Gasteiger partial charge on any atom is -0.387 e. The smallest absolute Gasteiger partial charge is 0.387 e. The Bertz CT molecular complexity index is 942. The van der Waals surface area contributed by atoms with Crippen LogP contribution in [0.4, 0.5) is 0 Å². The molecule has 9 heteroatoms. The van der Waals surface area contributed by atoms with Gasteiger partial charge < -0.3 is 19.8 Å². The highest BCUT2D eigenvalue weighted by Crippen LogP contribution is 2.43. The number of allylic oxidation sites excluding steroid dienone is 1. The van der Waals surface area contributed by atoms with Crippen molar-refractivity contribution in [3.8, 4) is 0 Å². The first kappa shape index (κ1) is 56.2. The fourth-order valence-electron chi connectivity index (χ4n) is 7.34. The molecule has 0 radical (unpaired) electrons. The molecule has 0 fully saturated rings. The summed E-state index contributed by atoms with van der Waals surface area (Å²) in [5.74, 6) is -0.182. The molecule has 340 valence electrons. The third kappa shape index (κ3) is 43.1. The van der Waals surface area contributed by atoms with Gasteiger partial charge in [0.1, 0.15) is 13.2 Å². The zero-order valence-electron chi connectivity index (χ0n) is 38.6. The lowest BCUT2D eigenvalue weighted by molar-refractivity contribution is -0.870.